The molecule has 1 atom stereocenters. The zero-order chi connectivity index (χ0) is 24.9. The zero-order valence-corrected chi connectivity index (χ0v) is 20.7. The number of hydrogen-bond donors (Lipinski definition) is 2. The molecule has 35 heavy (non-hydrogen) atoms. The number of carbonyl (C=O) groups is 2. The number of nitrogens with zero attached hydrogens (tertiary/aromatic N) is 3. The number of nitrogens with one attached hydrogen (secondary N) is 1. The van der Waals surface area contributed by atoms with Crippen molar-refractivity contribution in [2.24, 2.45) is 11.8 Å². The predicted octanol–water partition coefficient (Wildman–Crippen LogP) is 3.81. The van der Waals surface area contributed by atoms with Crippen molar-refractivity contribution in [3.63, 3.8) is 0 Å². The highest BCUT2D eigenvalue weighted by molar-refractivity contribution is 6.32. The van der Waals surface area contributed by atoms with Crippen LogP contribution in [0.3, 0.4) is 0 Å². The number of aromatic nitrogens is 1. The quantitative estimate of drug-likeness (QED) is 0.587. The Labute approximate surface area is 210 Å². The summed E-state index contributed by atoms with van der Waals surface area (Å²) in [5.74, 6) is 0.720. The standard InChI is InChI=1S/C26H32ClFN4O3/c1-29-25(34)20-6-7-22(30-24(20)27)31-12-8-17(9-13-31)16-18-10-14-32(15-11-18)26(35)23(33)19-4-2-3-5-21(19)28/h2-7,17-18,23,33H,8-16H2,1H3,(H,29,34). The number of anilines is 1. The average molecular weight is 503 g/mol. The van der Waals surface area contributed by atoms with Gasteiger partial charge in [-0.3, -0.25) is 9.59 Å². The van der Waals surface area contributed by atoms with Gasteiger partial charge in [0.25, 0.3) is 11.8 Å². The van der Waals surface area contributed by atoms with E-state index in [1.165, 1.54) is 12.1 Å². The van der Waals surface area contributed by atoms with Crippen molar-refractivity contribution < 1.29 is 19.1 Å². The van der Waals surface area contributed by atoms with Crippen LogP contribution in [0.5, 0.6) is 0 Å². The van der Waals surface area contributed by atoms with Crippen LogP contribution in [0.15, 0.2) is 36.4 Å². The zero-order valence-electron chi connectivity index (χ0n) is 19.9. The molecular weight excluding hydrogens is 471 g/mol. The fourth-order valence-electron chi connectivity index (χ4n) is 5.17. The Kier molecular flexibility index (Phi) is 8.23. The van der Waals surface area contributed by atoms with Gasteiger partial charge < -0.3 is 20.2 Å². The SMILES string of the molecule is CNC(=O)c1ccc(N2CCC(CC3CCN(C(=O)C(O)c4ccccc4F)CC3)CC2)nc1Cl. The third-order valence-electron chi connectivity index (χ3n) is 7.27. The first-order chi connectivity index (χ1) is 16.9. The Morgan fingerprint density at radius 1 is 1.09 bits per heavy atom. The molecule has 0 aliphatic carbocycles. The van der Waals surface area contributed by atoms with Crippen LogP contribution < -0.4 is 10.2 Å². The molecule has 2 N–H and O–H groups in total. The third kappa shape index (κ3) is 5.93. The molecule has 1 unspecified atom stereocenters. The number of piperidine rings is 2. The second-order valence-corrected chi connectivity index (χ2v) is 9.80. The van der Waals surface area contributed by atoms with Crippen LogP contribution in [0.4, 0.5) is 10.2 Å². The van der Waals surface area contributed by atoms with Gasteiger partial charge in [0.05, 0.1) is 5.56 Å². The minimum atomic E-state index is -1.45. The lowest BCUT2D eigenvalue weighted by Crippen LogP contribution is -2.42. The first kappa shape index (κ1) is 25.4. The summed E-state index contributed by atoms with van der Waals surface area (Å²) in [4.78, 5) is 32.8. The Bertz CT molecular complexity index is 1050. The van der Waals surface area contributed by atoms with E-state index >= 15 is 0 Å². The highest BCUT2D eigenvalue weighted by Crippen LogP contribution is 2.32. The Hall–Kier alpha value is -2.71. The van der Waals surface area contributed by atoms with Crippen molar-refractivity contribution in [2.45, 2.75) is 38.2 Å². The first-order valence-corrected chi connectivity index (χ1v) is 12.6. The summed E-state index contributed by atoms with van der Waals surface area (Å²) < 4.78 is 13.9. The van der Waals surface area contributed by atoms with E-state index in [1.807, 2.05) is 6.07 Å². The number of benzene rings is 1. The molecule has 2 aliphatic rings. The maximum Gasteiger partial charge on any atom is 0.256 e. The molecule has 1 aromatic heterocycles. The van der Waals surface area contributed by atoms with Gasteiger partial charge in [-0.2, -0.15) is 0 Å². The molecule has 2 aliphatic heterocycles. The molecule has 2 saturated heterocycles. The Morgan fingerprint density at radius 2 is 1.71 bits per heavy atom. The number of halogens is 2. The van der Waals surface area contributed by atoms with Crippen LogP contribution in [0.1, 0.15) is 54.1 Å². The lowest BCUT2D eigenvalue weighted by molar-refractivity contribution is -0.142. The number of likely N-dealkylation sites (tertiary alicyclic amines) is 1. The van der Waals surface area contributed by atoms with Gasteiger partial charge in [0, 0.05) is 38.8 Å². The van der Waals surface area contributed by atoms with Crippen LogP contribution in [-0.2, 0) is 4.79 Å². The number of hydrogen-bond acceptors (Lipinski definition) is 5. The lowest BCUT2D eigenvalue weighted by Gasteiger charge is -2.37. The van der Waals surface area contributed by atoms with Gasteiger partial charge in [0.1, 0.15) is 16.8 Å². The molecule has 2 amide bonds. The summed E-state index contributed by atoms with van der Waals surface area (Å²) in [6.07, 6.45) is 3.57. The van der Waals surface area contributed by atoms with Gasteiger partial charge in [-0.25, -0.2) is 9.37 Å². The van der Waals surface area contributed by atoms with Crippen molar-refractivity contribution in [2.75, 3.05) is 38.1 Å². The van der Waals surface area contributed by atoms with Crippen molar-refractivity contribution in [1.82, 2.24) is 15.2 Å². The topological polar surface area (TPSA) is 85.8 Å². The van der Waals surface area contributed by atoms with Crippen LogP contribution in [0.25, 0.3) is 0 Å². The second kappa shape index (κ2) is 11.4. The molecule has 188 valence electrons. The summed E-state index contributed by atoms with van der Waals surface area (Å²) in [6, 6.07) is 9.44. The van der Waals surface area contributed by atoms with Gasteiger partial charge in [-0.05, 0) is 62.1 Å². The molecule has 7 nitrogen and oxygen atoms in total. The van der Waals surface area contributed by atoms with Crippen LogP contribution in [0, 0.1) is 17.7 Å². The number of pyridine rings is 1. The monoisotopic (exact) mass is 502 g/mol. The van der Waals surface area contributed by atoms with E-state index in [1.54, 1.807) is 30.1 Å². The summed E-state index contributed by atoms with van der Waals surface area (Å²) in [5.41, 5.74) is 0.407. The molecule has 0 spiro atoms. The molecule has 9 heteroatoms. The van der Waals surface area contributed by atoms with Crippen LogP contribution in [-0.4, -0.2) is 60.0 Å². The maximum absolute atomic E-state index is 13.9. The molecule has 3 heterocycles. The third-order valence-corrected chi connectivity index (χ3v) is 7.56. The first-order valence-electron chi connectivity index (χ1n) is 12.2. The van der Waals surface area contributed by atoms with Crippen molar-refractivity contribution >= 4 is 29.2 Å². The fourth-order valence-corrected chi connectivity index (χ4v) is 5.40. The number of aliphatic hydroxyl groups is 1. The normalized spacial score (nSPS) is 18.4. The molecule has 2 fully saturated rings. The van der Waals surface area contributed by atoms with Gasteiger partial charge in [0.2, 0.25) is 0 Å². The lowest BCUT2D eigenvalue weighted by atomic mass is 9.82. The molecular formula is C26H32ClFN4O3. The van der Waals surface area contributed by atoms with Gasteiger partial charge >= 0.3 is 0 Å². The molecule has 2 aromatic rings. The Balaban J connectivity index is 1.23. The van der Waals surface area contributed by atoms with Crippen LogP contribution >= 0.6 is 11.6 Å². The number of aliphatic hydroxyl groups excluding tert-OH is 1. The predicted molar refractivity (Wildman–Crippen MR) is 133 cm³/mol. The summed E-state index contributed by atoms with van der Waals surface area (Å²) in [7, 11) is 1.56. The molecule has 4 rings (SSSR count). The fraction of sp³-hybridized carbons (Fsp3) is 0.500. The molecule has 0 radical (unpaired) electrons. The van der Waals surface area contributed by atoms with Crippen molar-refractivity contribution in [1.29, 1.82) is 0 Å². The minimum Gasteiger partial charge on any atom is -0.378 e. The van der Waals surface area contributed by atoms with E-state index in [-0.39, 0.29) is 16.6 Å². The summed E-state index contributed by atoms with van der Waals surface area (Å²) in [5, 5.41) is 13.1. The smallest absolute Gasteiger partial charge is 0.256 e. The van der Waals surface area contributed by atoms with E-state index in [0.717, 1.165) is 51.0 Å². The summed E-state index contributed by atoms with van der Waals surface area (Å²) in [6.45, 7) is 2.96. The largest absolute Gasteiger partial charge is 0.378 e. The minimum absolute atomic E-state index is 0.0328. The Morgan fingerprint density at radius 3 is 2.31 bits per heavy atom. The highest BCUT2D eigenvalue weighted by atomic mass is 35.5. The van der Waals surface area contributed by atoms with E-state index < -0.39 is 17.8 Å². The van der Waals surface area contributed by atoms with Gasteiger partial charge in [0.15, 0.2) is 6.10 Å². The van der Waals surface area contributed by atoms with E-state index in [4.69, 9.17) is 11.6 Å². The second-order valence-electron chi connectivity index (χ2n) is 9.45. The van der Waals surface area contributed by atoms with Crippen molar-refractivity contribution in [3.05, 3.63) is 58.5 Å². The molecule has 0 saturated carbocycles. The van der Waals surface area contributed by atoms with E-state index in [0.29, 0.717) is 30.5 Å². The number of rotatable bonds is 6. The molecule has 1 aromatic carbocycles. The van der Waals surface area contributed by atoms with Crippen molar-refractivity contribution in [3.8, 4) is 0 Å². The van der Waals surface area contributed by atoms with E-state index in [9.17, 15) is 19.1 Å². The maximum atomic E-state index is 13.9. The van der Waals surface area contributed by atoms with Crippen LogP contribution in [0.2, 0.25) is 5.15 Å². The van der Waals surface area contributed by atoms with Gasteiger partial charge in [-0.15, -0.1) is 0 Å². The summed E-state index contributed by atoms with van der Waals surface area (Å²) >= 11 is 6.21. The van der Waals surface area contributed by atoms with Gasteiger partial charge in [-0.1, -0.05) is 29.8 Å². The highest BCUT2D eigenvalue weighted by Gasteiger charge is 2.31. The number of amides is 2. The van der Waals surface area contributed by atoms with E-state index in [2.05, 4.69) is 15.2 Å². The average Bonchev–Trinajstić information content (AvgIpc) is 2.88. The molecule has 0 bridgehead atoms. The number of carbonyl (C=O) groups excluding carboxylic acids is 2.